The Hall–Kier alpha value is -3.48. The summed E-state index contributed by atoms with van der Waals surface area (Å²) in [5.74, 6) is 0.950. The number of hydrogen-bond acceptors (Lipinski definition) is 4. The molecule has 7 nitrogen and oxygen atoms in total. The van der Waals surface area contributed by atoms with E-state index in [1.807, 2.05) is 49.1 Å². The van der Waals surface area contributed by atoms with Crippen LogP contribution in [0.15, 0.2) is 42.9 Å². The molecule has 25 heavy (non-hydrogen) atoms. The van der Waals surface area contributed by atoms with Gasteiger partial charge in [-0.3, -0.25) is 10.1 Å². The number of hydrogen-bond donors (Lipinski definition) is 2. The van der Waals surface area contributed by atoms with Crippen LogP contribution in [0.5, 0.6) is 0 Å². The third-order valence-corrected chi connectivity index (χ3v) is 4.58. The highest BCUT2D eigenvalue weighted by Crippen LogP contribution is 2.30. The van der Waals surface area contributed by atoms with Crippen molar-refractivity contribution in [2.45, 2.75) is 6.92 Å². The Bertz CT molecular complexity index is 1190. The Morgan fingerprint density at radius 3 is 2.80 bits per heavy atom. The van der Waals surface area contributed by atoms with Crippen LogP contribution in [0.25, 0.3) is 44.7 Å². The van der Waals surface area contributed by atoms with Gasteiger partial charge in [-0.2, -0.15) is 5.10 Å². The van der Waals surface area contributed by atoms with Crippen LogP contribution >= 0.6 is 0 Å². The molecule has 0 atom stereocenters. The fourth-order valence-electron chi connectivity index (χ4n) is 3.09. The van der Waals surface area contributed by atoms with E-state index >= 15 is 0 Å². The van der Waals surface area contributed by atoms with E-state index in [1.165, 1.54) is 0 Å². The van der Waals surface area contributed by atoms with E-state index < -0.39 is 0 Å². The van der Waals surface area contributed by atoms with E-state index in [4.69, 9.17) is 0 Å². The van der Waals surface area contributed by atoms with Gasteiger partial charge in [-0.1, -0.05) is 0 Å². The molecule has 0 unspecified atom stereocenters. The molecule has 0 aliphatic heterocycles. The van der Waals surface area contributed by atoms with Gasteiger partial charge in [0.2, 0.25) is 0 Å². The summed E-state index contributed by atoms with van der Waals surface area (Å²) in [6.45, 7) is 1.97. The van der Waals surface area contributed by atoms with E-state index in [0.717, 1.165) is 50.5 Å². The lowest BCUT2D eigenvalue weighted by Gasteiger charge is -2.03. The predicted molar refractivity (Wildman–Crippen MR) is 95.9 cm³/mol. The van der Waals surface area contributed by atoms with Gasteiger partial charge in [0.05, 0.1) is 35.0 Å². The van der Waals surface area contributed by atoms with Crippen molar-refractivity contribution in [3.05, 3.63) is 48.7 Å². The summed E-state index contributed by atoms with van der Waals surface area (Å²) in [4.78, 5) is 16.6. The minimum Gasteiger partial charge on any atom is -0.338 e. The molecule has 7 heteroatoms. The molecule has 0 saturated heterocycles. The van der Waals surface area contributed by atoms with Gasteiger partial charge in [-0.15, -0.1) is 0 Å². The molecule has 0 bridgehead atoms. The van der Waals surface area contributed by atoms with Crippen LogP contribution in [0.4, 0.5) is 0 Å². The summed E-state index contributed by atoms with van der Waals surface area (Å²) in [5.41, 5.74) is 5.38. The van der Waals surface area contributed by atoms with Crippen molar-refractivity contribution in [1.82, 2.24) is 34.7 Å². The molecule has 0 radical (unpaired) electrons. The Kier molecular flexibility index (Phi) is 2.79. The Balaban J connectivity index is 1.71. The number of imidazole rings is 1. The predicted octanol–water partition coefficient (Wildman–Crippen LogP) is 3.21. The monoisotopic (exact) mass is 329 g/mol. The molecule has 5 aromatic rings. The molecular weight excluding hydrogens is 314 g/mol. The van der Waals surface area contributed by atoms with Crippen molar-refractivity contribution in [3.8, 4) is 22.8 Å². The first-order valence-corrected chi connectivity index (χ1v) is 7.97. The third kappa shape index (κ3) is 2.06. The van der Waals surface area contributed by atoms with Crippen LogP contribution in [0, 0.1) is 6.92 Å². The van der Waals surface area contributed by atoms with Crippen LogP contribution in [0.2, 0.25) is 0 Å². The van der Waals surface area contributed by atoms with Gasteiger partial charge in [0.1, 0.15) is 17.2 Å². The molecule has 0 aromatic carbocycles. The fraction of sp³-hybridized carbons (Fsp3) is 0.111. The zero-order valence-corrected chi connectivity index (χ0v) is 13.8. The fourth-order valence-corrected chi connectivity index (χ4v) is 3.09. The third-order valence-electron chi connectivity index (χ3n) is 4.58. The first-order valence-electron chi connectivity index (χ1n) is 7.97. The molecule has 5 aromatic heterocycles. The van der Waals surface area contributed by atoms with E-state index in [0.29, 0.717) is 0 Å². The van der Waals surface area contributed by atoms with Crippen LogP contribution in [0.1, 0.15) is 5.82 Å². The number of rotatable bonds is 2. The number of H-pyrrole nitrogens is 2. The second-order valence-electron chi connectivity index (χ2n) is 6.06. The summed E-state index contributed by atoms with van der Waals surface area (Å²) in [5, 5.41) is 9.60. The smallest absolute Gasteiger partial charge is 0.137 e. The normalized spacial score (nSPS) is 11.6. The van der Waals surface area contributed by atoms with Crippen molar-refractivity contribution in [1.29, 1.82) is 0 Å². The first kappa shape index (κ1) is 13.9. The molecule has 0 spiro atoms. The maximum atomic E-state index is 4.55. The number of aromatic amines is 2. The van der Waals surface area contributed by atoms with E-state index in [1.54, 1.807) is 6.20 Å². The standard InChI is InChI=1S/C18H15N7/c1-10-20-9-16(25(10)2)13-7-12-15(8-21-13)23-24-17(12)14-6-11-4-3-5-19-18(11)22-14/h3-9H,1-2H3,(H,19,22)(H,23,24). The van der Waals surface area contributed by atoms with Gasteiger partial charge in [-0.25, -0.2) is 9.97 Å². The number of nitrogens with one attached hydrogen (secondary N) is 2. The van der Waals surface area contributed by atoms with Crippen molar-refractivity contribution < 1.29 is 0 Å². The van der Waals surface area contributed by atoms with Crippen LogP contribution in [-0.2, 0) is 7.05 Å². The second kappa shape index (κ2) is 5.01. The molecule has 0 aliphatic carbocycles. The summed E-state index contributed by atoms with van der Waals surface area (Å²) in [6, 6.07) is 8.06. The number of aromatic nitrogens is 7. The van der Waals surface area contributed by atoms with Crippen molar-refractivity contribution >= 4 is 21.9 Å². The highest BCUT2D eigenvalue weighted by molar-refractivity contribution is 5.96. The summed E-state index contributed by atoms with van der Waals surface area (Å²) in [7, 11) is 1.99. The Labute approximate surface area is 142 Å². The molecule has 0 fully saturated rings. The number of pyridine rings is 2. The molecule has 122 valence electrons. The number of fused-ring (bicyclic) bond motifs is 2. The Morgan fingerprint density at radius 1 is 1.08 bits per heavy atom. The molecule has 0 aliphatic rings. The van der Waals surface area contributed by atoms with E-state index in [2.05, 4.69) is 36.2 Å². The Morgan fingerprint density at radius 2 is 2.00 bits per heavy atom. The van der Waals surface area contributed by atoms with Gasteiger partial charge in [0.15, 0.2) is 0 Å². The molecular formula is C18H15N7. The zero-order valence-electron chi connectivity index (χ0n) is 13.8. The summed E-state index contributed by atoms with van der Waals surface area (Å²) < 4.78 is 2.03. The molecule has 0 saturated carbocycles. The lowest BCUT2D eigenvalue weighted by atomic mass is 10.1. The molecule has 5 rings (SSSR count). The topological polar surface area (TPSA) is 88.1 Å². The molecule has 2 N–H and O–H groups in total. The van der Waals surface area contributed by atoms with Crippen molar-refractivity contribution in [2.75, 3.05) is 0 Å². The van der Waals surface area contributed by atoms with E-state index in [9.17, 15) is 0 Å². The average Bonchev–Trinajstić information content (AvgIpc) is 3.31. The van der Waals surface area contributed by atoms with Gasteiger partial charge in [-0.05, 0) is 31.2 Å². The lowest BCUT2D eigenvalue weighted by Crippen LogP contribution is -1.95. The van der Waals surface area contributed by atoms with Gasteiger partial charge < -0.3 is 9.55 Å². The van der Waals surface area contributed by atoms with Crippen LogP contribution in [0.3, 0.4) is 0 Å². The quantitative estimate of drug-likeness (QED) is 0.520. The molecule has 0 amide bonds. The van der Waals surface area contributed by atoms with Crippen molar-refractivity contribution in [3.63, 3.8) is 0 Å². The summed E-state index contributed by atoms with van der Waals surface area (Å²) in [6.07, 6.45) is 5.43. The average molecular weight is 329 g/mol. The lowest BCUT2D eigenvalue weighted by molar-refractivity contribution is 0.862. The first-order chi connectivity index (χ1) is 12.2. The molecule has 5 heterocycles. The minimum absolute atomic E-state index is 0.852. The highest BCUT2D eigenvalue weighted by Gasteiger charge is 2.14. The second-order valence-corrected chi connectivity index (χ2v) is 6.06. The zero-order chi connectivity index (χ0) is 17.0. The minimum atomic E-state index is 0.852. The van der Waals surface area contributed by atoms with Crippen LogP contribution in [-0.4, -0.2) is 34.7 Å². The van der Waals surface area contributed by atoms with Crippen molar-refractivity contribution in [2.24, 2.45) is 7.05 Å². The van der Waals surface area contributed by atoms with E-state index in [-0.39, 0.29) is 0 Å². The maximum absolute atomic E-state index is 4.55. The highest BCUT2D eigenvalue weighted by atomic mass is 15.1. The van der Waals surface area contributed by atoms with Gasteiger partial charge in [0, 0.05) is 24.0 Å². The van der Waals surface area contributed by atoms with Gasteiger partial charge >= 0.3 is 0 Å². The van der Waals surface area contributed by atoms with Gasteiger partial charge in [0.25, 0.3) is 0 Å². The SMILES string of the molecule is Cc1ncc(-c2cc3c(-c4cc5cccnc5[nH]4)n[nH]c3cn2)n1C. The largest absolute Gasteiger partial charge is 0.338 e. The van der Waals surface area contributed by atoms with Crippen LogP contribution < -0.4 is 0 Å². The number of aryl methyl sites for hydroxylation is 1. The number of nitrogens with zero attached hydrogens (tertiary/aromatic N) is 5. The summed E-state index contributed by atoms with van der Waals surface area (Å²) >= 11 is 0. The maximum Gasteiger partial charge on any atom is 0.137 e.